The number of para-hydroxylation sites is 2. The third kappa shape index (κ3) is 4.74. The molecule has 9 heteroatoms. The fourth-order valence-corrected chi connectivity index (χ4v) is 3.98. The zero-order valence-corrected chi connectivity index (χ0v) is 19.5. The molecule has 2 aromatic carbocycles. The van der Waals surface area contributed by atoms with Crippen LogP contribution in [0.1, 0.15) is 32.1 Å². The Labute approximate surface area is 200 Å². The zero-order valence-electron chi connectivity index (χ0n) is 19.5. The van der Waals surface area contributed by atoms with Crippen molar-refractivity contribution in [2.45, 2.75) is 20.4 Å². The first-order valence-electron chi connectivity index (χ1n) is 10.8. The van der Waals surface area contributed by atoms with Gasteiger partial charge < -0.3 is 14.0 Å². The van der Waals surface area contributed by atoms with Crippen LogP contribution in [0.4, 0.5) is 0 Å². The number of carbonyl (C=O) groups excluding carboxylic acids is 3. The number of hydrogen-bond donors (Lipinski definition) is 0. The van der Waals surface area contributed by atoms with Gasteiger partial charge in [-0.15, -0.1) is 0 Å². The summed E-state index contributed by atoms with van der Waals surface area (Å²) in [6.45, 7) is 2.85. The molecule has 0 radical (unpaired) electrons. The summed E-state index contributed by atoms with van der Waals surface area (Å²) < 4.78 is 13.1. The number of ether oxygens (including phenoxy) is 2. The predicted octanol–water partition coefficient (Wildman–Crippen LogP) is 3.02. The quantitative estimate of drug-likeness (QED) is 0.300. The molecule has 0 bridgehead atoms. The molecule has 2 aromatic heterocycles. The molecule has 0 N–H and O–H groups in total. The highest BCUT2D eigenvalue weighted by Gasteiger charge is 2.19. The molecule has 2 heterocycles. The highest BCUT2D eigenvalue weighted by Crippen LogP contribution is 2.22. The Morgan fingerprint density at radius 1 is 1.00 bits per heavy atom. The van der Waals surface area contributed by atoms with Crippen LogP contribution >= 0.6 is 0 Å². The molecule has 35 heavy (non-hydrogen) atoms. The standard InChI is InChI=1S/C26H23N3O6/c1-16-12-20(17(2)29(16)19-10-8-18(9-11-19)26(33)34-3)23(30)15-35-25(32)14-28-22-7-5-4-6-21(22)27-13-24(28)31/h4-13H,14-15H2,1-3H3. The molecule has 0 aliphatic carbocycles. The van der Waals surface area contributed by atoms with Crippen molar-refractivity contribution < 1.29 is 23.9 Å². The molecular formula is C26H23N3O6. The van der Waals surface area contributed by atoms with Crippen molar-refractivity contribution in [2.24, 2.45) is 0 Å². The van der Waals surface area contributed by atoms with Gasteiger partial charge in [0.15, 0.2) is 6.61 Å². The van der Waals surface area contributed by atoms with Gasteiger partial charge in [-0.25, -0.2) is 9.78 Å². The molecule has 0 amide bonds. The molecule has 0 saturated heterocycles. The van der Waals surface area contributed by atoms with Crippen molar-refractivity contribution in [2.75, 3.05) is 13.7 Å². The molecule has 178 valence electrons. The second-order valence-electron chi connectivity index (χ2n) is 7.91. The van der Waals surface area contributed by atoms with Crippen molar-refractivity contribution in [3.63, 3.8) is 0 Å². The zero-order chi connectivity index (χ0) is 25.1. The largest absolute Gasteiger partial charge is 0.465 e. The fourth-order valence-electron chi connectivity index (χ4n) is 3.98. The minimum atomic E-state index is -0.705. The van der Waals surface area contributed by atoms with E-state index >= 15 is 0 Å². The van der Waals surface area contributed by atoms with Gasteiger partial charge in [0, 0.05) is 22.6 Å². The highest BCUT2D eigenvalue weighted by atomic mass is 16.5. The number of methoxy groups -OCH3 is 1. The summed E-state index contributed by atoms with van der Waals surface area (Å²) in [4.78, 5) is 53.2. The van der Waals surface area contributed by atoms with Crippen LogP contribution in [0.5, 0.6) is 0 Å². The van der Waals surface area contributed by atoms with Crippen molar-refractivity contribution in [1.29, 1.82) is 0 Å². The van der Waals surface area contributed by atoms with Crippen LogP contribution in [0.15, 0.2) is 65.6 Å². The molecule has 0 atom stereocenters. The van der Waals surface area contributed by atoms with Gasteiger partial charge in [0.05, 0.1) is 29.9 Å². The number of esters is 2. The Bertz CT molecular complexity index is 1500. The number of fused-ring (bicyclic) bond motifs is 1. The van der Waals surface area contributed by atoms with Crippen LogP contribution in [0, 0.1) is 13.8 Å². The second-order valence-corrected chi connectivity index (χ2v) is 7.91. The normalized spacial score (nSPS) is 10.8. The lowest BCUT2D eigenvalue weighted by Crippen LogP contribution is -2.27. The van der Waals surface area contributed by atoms with Crippen molar-refractivity contribution in [3.8, 4) is 5.69 Å². The SMILES string of the molecule is COC(=O)c1ccc(-n2c(C)cc(C(=O)COC(=O)Cn3c(=O)cnc4ccccc43)c2C)cc1. The van der Waals surface area contributed by atoms with Crippen LogP contribution < -0.4 is 5.56 Å². The maximum absolute atomic E-state index is 12.9. The molecule has 0 saturated carbocycles. The Morgan fingerprint density at radius 3 is 2.43 bits per heavy atom. The van der Waals surface area contributed by atoms with Crippen LogP contribution in [0.3, 0.4) is 0 Å². The van der Waals surface area contributed by atoms with E-state index < -0.39 is 24.1 Å². The van der Waals surface area contributed by atoms with Gasteiger partial charge in [0.2, 0.25) is 5.78 Å². The van der Waals surface area contributed by atoms with Crippen LogP contribution in [0.25, 0.3) is 16.7 Å². The summed E-state index contributed by atoms with van der Waals surface area (Å²) >= 11 is 0. The lowest BCUT2D eigenvalue weighted by Gasteiger charge is -2.11. The number of hydrogen-bond acceptors (Lipinski definition) is 7. The van der Waals surface area contributed by atoms with Crippen molar-refractivity contribution in [1.82, 2.24) is 14.1 Å². The van der Waals surface area contributed by atoms with E-state index in [1.165, 1.54) is 11.7 Å². The molecule has 0 spiro atoms. The number of nitrogens with zero attached hydrogens (tertiary/aromatic N) is 3. The van der Waals surface area contributed by atoms with E-state index in [4.69, 9.17) is 9.47 Å². The van der Waals surface area contributed by atoms with Gasteiger partial charge in [-0.3, -0.25) is 19.0 Å². The van der Waals surface area contributed by atoms with E-state index in [2.05, 4.69) is 4.98 Å². The Hall–Kier alpha value is -4.53. The second kappa shape index (κ2) is 9.76. The third-order valence-electron chi connectivity index (χ3n) is 5.68. The van der Waals surface area contributed by atoms with E-state index in [9.17, 15) is 19.2 Å². The van der Waals surface area contributed by atoms with E-state index in [-0.39, 0.29) is 12.3 Å². The molecule has 0 unspecified atom stereocenters. The Balaban J connectivity index is 1.48. The summed E-state index contributed by atoms with van der Waals surface area (Å²) in [5.74, 6) is -1.50. The first-order chi connectivity index (χ1) is 16.8. The van der Waals surface area contributed by atoms with Crippen molar-refractivity contribution >= 4 is 28.8 Å². The van der Waals surface area contributed by atoms with Gasteiger partial charge in [-0.05, 0) is 56.3 Å². The van der Waals surface area contributed by atoms with Gasteiger partial charge in [0.1, 0.15) is 6.54 Å². The van der Waals surface area contributed by atoms with Gasteiger partial charge in [-0.1, -0.05) is 12.1 Å². The monoisotopic (exact) mass is 473 g/mol. The Kier molecular flexibility index (Phi) is 6.59. The molecule has 0 aliphatic heterocycles. The number of rotatable bonds is 7. The molecular weight excluding hydrogens is 450 g/mol. The average molecular weight is 473 g/mol. The summed E-state index contributed by atoms with van der Waals surface area (Å²) in [5, 5.41) is 0. The van der Waals surface area contributed by atoms with Gasteiger partial charge in [-0.2, -0.15) is 0 Å². The van der Waals surface area contributed by atoms with Crippen LogP contribution in [0.2, 0.25) is 0 Å². The lowest BCUT2D eigenvalue weighted by atomic mass is 10.1. The van der Waals surface area contributed by atoms with E-state index in [1.54, 1.807) is 61.5 Å². The predicted molar refractivity (Wildman–Crippen MR) is 128 cm³/mol. The maximum atomic E-state index is 12.9. The highest BCUT2D eigenvalue weighted by molar-refractivity contribution is 5.99. The molecule has 4 aromatic rings. The first-order valence-corrected chi connectivity index (χ1v) is 10.8. The first kappa shape index (κ1) is 23.6. The van der Waals surface area contributed by atoms with E-state index in [0.29, 0.717) is 27.9 Å². The van der Waals surface area contributed by atoms with Crippen LogP contribution in [-0.4, -0.2) is 45.6 Å². The topological polar surface area (TPSA) is 109 Å². The minimum Gasteiger partial charge on any atom is -0.465 e. The number of carbonyl (C=O) groups is 3. The van der Waals surface area contributed by atoms with Gasteiger partial charge >= 0.3 is 11.9 Å². The average Bonchev–Trinajstić information content (AvgIpc) is 3.17. The summed E-state index contributed by atoms with van der Waals surface area (Å²) in [6.07, 6.45) is 1.15. The number of aryl methyl sites for hydroxylation is 1. The summed E-state index contributed by atoms with van der Waals surface area (Å²) in [7, 11) is 1.32. The van der Waals surface area contributed by atoms with Crippen LogP contribution in [-0.2, 0) is 20.8 Å². The third-order valence-corrected chi connectivity index (χ3v) is 5.68. The van der Waals surface area contributed by atoms with E-state index in [1.807, 2.05) is 11.5 Å². The summed E-state index contributed by atoms with van der Waals surface area (Å²) in [6, 6.07) is 15.5. The molecule has 4 rings (SSSR count). The van der Waals surface area contributed by atoms with E-state index in [0.717, 1.165) is 17.6 Å². The number of ketones is 1. The fraction of sp³-hybridized carbons (Fsp3) is 0.192. The maximum Gasteiger partial charge on any atom is 0.337 e. The minimum absolute atomic E-state index is 0.333. The number of aromatic nitrogens is 3. The molecule has 9 nitrogen and oxygen atoms in total. The lowest BCUT2D eigenvalue weighted by molar-refractivity contribution is -0.143. The van der Waals surface area contributed by atoms with Crippen molar-refractivity contribution in [3.05, 3.63) is 93.7 Å². The molecule has 0 fully saturated rings. The Morgan fingerprint density at radius 2 is 1.71 bits per heavy atom. The number of Topliss-reactive ketones (excluding diaryl/α,β-unsaturated/α-hetero) is 1. The number of benzene rings is 2. The summed E-state index contributed by atoms with van der Waals surface area (Å²) in [5.41, 5.74) is 3.72. The van der Waals surface area contributed by atoms with Gasteiger partial charge in [0.25, 0.3) is 5.56 Å². The smallest absolute Gasteiger partial charge is 0.337 e. The molecule has 0 aliphatic rings.